The van der Waals surface area contributed by atoms with Crippen molar-refractivity contribution in [1.29, 1.82) is 0 Å². The minimum Gasteiger partial charge on any atom is -0.361 e. The molecule has 0 atom stereocenters. The highest BCUT2D eigenvalue weighted by atomic mass is 16.5. The summed E-state index contributed by atoms with van der Waals surface area (Å²) >= 11 is 0. The first kappa shape index (κ1) is 19.3. The number of benzene rings is 1. The molecule has 28 heavy (non-hydrogen) atoms. The number of amides is 2. The molecule has 0 radical (unpaired) electrons. The van der Waals surface area contributed by atoms with E-state index in [4.69, 9.17) is 4.52 Å². The molecular formula is C19H21N5O4. The molecule has 3 aromatic rings. The molecule has 2 amide bonds. The van der Waals surface area contributed by atoms with Gasteiger partial charge < -0.3 is 4.52 Å². The van der Waals surface area contributed by atoms with Crippen LogP contribution in [0.3, 0.4) is 0 Å². The molecule has 2 heterocycles. The Hall–Kier alpha value is -3.49. The third kappa shape index (κ3) is 3.51. The number of hydrogen-bond donors (Lipinski definition) is 2. The van der Waals surface area contributed by atoms with Gasteiger partial charge in [0.2, 0.25) is 0 Å². The first-order valence-electron chi connectivity index (χ1n) is 9.03. The van der Waals surface area contributed by atoms with E-state index in [1.807, 2.05) is 13.8 Å². The predicted octanol–water partition coefficient (Wildman–Crippen LogP) is 1.74. The molecule has 1 aromatic carbocycles. The fourth-order valence-electron chi connectivity index (χ4n) is 2.95. The Balaban J connectivity index is 1.89. The van der Waals surface area contributed by atoms with Gasteiger partial charge in [-0.15, -0.1) is 0 Å². The number of aromatic nitrogens is 3. The van der Waals surface area contributed by atoms with Crippen LogP contribution in [-0.4, -0.2) is 26.8 Å². The van der Waals surface area contributed by atoms with Gasteiger partial charge in [0.05, 0.1) is 11.1 Å². The van der Waals surface area contributed by atoms with Gasteiger partial charge in [-0.1, -0.05) is 37.2 Å². The van der Waals surface area contributed by atoms with E-state index in [1.165, 1.54) is 4.68 Å². The summed E-state index contributed by atoms with van der Waals surface area (Å²) in [6.07, 6.45) is 1.21. The van der Waals surface area contributed by atoms with E-state index in [0.29, 0.717) is 41.6 Å². The van der Waals surface area contributed by atoms with E-state index in [-0.39, 0.29) is 16.8 Å². The van der Waals surface area contributed by atoms with Gasteiger partial charge in [0, 0.05) is 11.9 Å². The van der Waals surface area contributed by atoms with E-state index in [2.05, 4.69) is 21.1 Å². The van der Waals surface area contributed by atoms with Crippen LogP contribution in [0.25, 0.3) is 10.8 Å². The lowest BCUT2D eigenvalue weighted by atomic mass is 10.1. The molecule has 0 spiro atoms. The van der Waals surface area contributed by atoms with Crippen molar-refractivity contribution >= 4 is 22.6 Å². The van der Waals surface area contributed by atoms with Gasteiger partial charge in [-0.3, -0.25) is 25.2 Å². The fourth-order valence-corrected chi connectivity index (χ4v) is 2.95. The second kappa shape index (κ2) is 8.03. The van der Waals surface area contributed by atoms with E-state index in [9.17, 15) is 14.4 Å². The number of nitrogens with one attached hydrogen (secondary N) is 2. The van der Waals surface area contributed by atoms with Crippen molar-refractivity contribution in [2.24, 2.45) is 0 Å². The minimum absolute atomic E-state index is 0.0571. The Morgan fingerprint density at radius 1 is 1.11 bits per heavy atom. The van der Waals surface area contributed by atoms with Crippen LogP contribution < -0.4 is 16.4 Å². The molecule has 0 aliphatic rings. The van der Waals surface area contributed by atoms with Crippen LogP contribution in [0.1, 0.15) is 52.6 Å². The molecule has 9 nitrogen and oxygen atoms in total. The molecule has 0 saturated carbocycles. The zero-order valence-corrected chi connectivity index (χ0v) is 15.9. The number of hydrazine groups is 1. The first-order valence-corrected chi connectivity index (χ1v) is 9.03. The lowest BCUT2D eigenvalue weighted by Gasteiger charge is -2.11. The second-order valence-corrected chi connectivity index (χ2v) is 6.24. The molecule has 146 valence electrons. The quantitative estimate of drug-likeness (QED) is 0.648. The maximum absolute atomic E-state index is 12.7. The number of aryl methyl sites for hydroxylation is 3. The molecule has 2 N–H and O–H groups in total. The van der Waals surface area contributed by atoms with Gasteiger partial charge in [-0.25, -0.2) is 4.68 Å². The topological polar surface area (TPSA) is 119 Å². The summed E-state index contributed by atoms with van der Waals surface area (Å²) in [7, 11) is 0. The lowest BCUT2D eigenvalue weighted by molar-refractivity contribution is 0.0842. The number of carbonyl (C=O) groups excluding carboxylic acids is 2. The van der Waals surface area contributed by atoms with Crippen molar-refractivity contribution in [1.82, 2.24) is 25.8 Å². The smallest absolute Gasteiger partial charge is 0.290 e. The number of fused-ring (bicyclic) bond motifs is 1. The number of nitrogens with zero attached hydrogens (tertiary/aromatic N) is 3. The highest BCUT2D eigenvalue weighted by molar-refractivity contribution is 6.06. The summed E-state index contributed by atoms with van der Waals surface area (Å²) in [6.45, 7) is 5.77. The Labute approximate surface area is 160 Å². The monoisotopic (exact) mass is 383 g/mol. The molecule has 3 rings (SSSR count). The van der Waals surface area contributed by atoms with E-state index in [1.54, 1.807) is 31.2 Å². The summed E-state index contributed by atoms with van der Waals surface area (Å²) in [5.74, 6) is -0.791. The van der Waals surface area contributed by atoms with E-state index >= 15 is 0 Å². The van der Waals surface area contributed by atoms with Crippen molar-refractivity contribution in [3.05, 3.63) is 57.3 Å². The molecule has 0 fully saturated rings. The molecule has 0 saturated heterocycles. The third-order valence-electron chi connectivity index (χ3n) is 4.30. The maximum Gasteiger partial charge on any atom is 0.290 e. The molecule has 0 aliphatic heterocycles. The maximum atomic E-state index is 12.7. The summed E-state index contributed by atoms with van der Waals surface area (Å²) < 4.78 is 6.30. The lowest BCUT2D eigenvalue weighted by Crippen LogP contribution is -2.43. The second-order valence-electron chi connectivity index (χ2n) is 6.24. The standard InChI is InChI=1S/C19H21N5O4/c1-4-10-24-19(27)13-9-7-6-8-12(13)16(22-24)18(26)21-20-17(25)15-11(3)28-23-14(15)5-2/h6-9H,4-5,10H2,1-3H3,(H,20,25)(H,21,26). The normalized spacial score (nSPS) is 10.8. The van der Waals surface area contributed by atoms with Gasteiger partial charge in [0.15, 0.2) is 5.69 Å². The summed E-state index contributed by atoms with van der Waals surface area (Å²) in [4.78, 5) is 37.6. The van der Waals surface area contributed by atoms with Crippen LogP contribution in [0.5, 0.6) is 0 Å². The third-order valence-corrected chi connectivity index (χ3v) is 4.30. The van der Waals surface area contributed by atoms with Crippen LogP contribution in [-0.2, 0) is 13.0 Å². The van der Waals surface area contributed by atoms with Crippen LogP contribution in [0.4, 0.5) is 0 Å². The molecule has 2 aromatic heterocycles. The van der Waals surface area contributed by atoms with Gasteiger partial charge in [-0.05, 0) is 25.8 Å². The number of carbonyl (C=O) groups is 2. The molecule has 9 heteroatoms. The van der Waals surface area contributed by atoms with Crippen LogP contribution in [0, 0.1) is 6.92 Å². The zero-order valence-electron chi connectivity index (χ0n) is 15.9. The Bertz CT molecular complexity index is 1100. The Kier molecular flexibility index (Phi) is 5.53. The average Bonchev–Trinajstić information content (AvgIpc) is 3.08. The number of hydrogen-bond acceptors (Lipinski definition) is 6. The van der Waals surface area contributed by atoms with Gasteiger partial charge >= 0.3 is 0 Å². The summed E-state index contributed by atoms with van der Waals surface area (Å²) in [5.41, 5.74) is 5.32. The van der Waals surface area contributed by atoms with Crippen LogP contribution in [0.2, 0.25) is 0 Å². The molecule has 0 unspecified atom stereocenters. The average molecular weight is 383 g/mol. The summed E-state index contributed by atoms with van der Waals surface area (Å²) in [5, 5.41) is 8.83. The van der Waals surface area contributed by atoms with Crippen molar-refractivity contribution in [2.45, 2.75) is 40.2 Å². The highest BCUT2D eigenvalue weighted by Gasteiger charge is 2.21. The van der Waals surface area contributed by atoms with Gasteiger partial charge in [0.1, 0.15) is 11.3 Å². The Morgan fingerprint density at radius 2 is 1.79 bits per heavy atom. The molecular weight excluding hydrogens is 362 g/mol. The van der Waals surface area contributed by atoms with Gasteiger partial charge in [-0.2, -0.15) is 5.10 Å². The van der Waals surface area contributed by atoms with Crippen LogP contribution in [0.15, 0.2) is 33.6 Å². The van der Waals surface area contributed by atoms with Crippen LogP contribution >= 0.6 is 0 Å². The fraction of sp³-hybridized carbons (Fsp3) is 0.316. The van der Waals surface area contributed by atoms with Crippen molar-refractivity contribution in [3.8, 4) is 0 Å². The molecule has 0 aliphatic carbocycles. The van der Waals surface area contributed by atoms with Crippen molar-refractivity contribution in [3.63, 3.8) is 0 Å². The summed E-state index contributed by atoms with van der Waals surface area (Å²) in [6, 6.07) is 6.74. The largest absolute Gasteiger partial charge is 0.361 e. The first-order chi connectivity index (χ1) is 13.5. The Morgan fingerprint density at radius 3 is 2.46 bits per heavy atom. The van der Waals surface area contributed by atoms with Crippen molar-refractivity contribution in [2.75, 3.05) is 0 Å². The van der Waals surface area contributed by atoms with E-state index < -0.39 is 11.8 Å². The van der Waals surface area contributed by atoms with Gasteiger partial charge in [0.25, 0.3) is 17.4 Å². The predicted molar refractivity (Wildman–Crippen MR) is 102 cm³/mol. The number of rotatable bonds is 5. The SMILES string of the molecule is CCCn1nc(C(=O)NNC(=O)c2c(CC)noc2C)c2ccccc2c1=O. The molecule has 0 bridgehead atoms. The van der Waals surface area contributed by atoms with E-state index in [0.717, 1.165) is 0 Å². The van der Waals surface area contributed by atoms with Crippen molar-refractivity contribution < 1.29 is 14.1 Å². The minimum atomic E-state index is -0.624. The zero-order chi connectivity index (χ0) is 20.3. The highest BCUT2D eigenvalue weighted by Crippen LogP contribution is 2.15.